The van der Waals surface area contributed by atoms with Crippen LogP contribution in [0.2, 0.25) is 0 Å². The summed E-state index contributed by atoms with van der Waals surface area (Å²) in [5.41, 5.74) is 0.907. The van der Waals surface area contributed by atoms with Crippen LogP contribution in [0, 0.1) is 0 Å². The van der Waals surface area contributed by atoms with Crippen LogP contribution in [0.5, 0.6) is 0 Å². The molecule has 1 fully saturated rings. The lowest BCUT2D eigenvalue weighted by Crippen LogP contribution is -2.48. The molecule has 1 atom stereocenters. The number of hydrogen-bond acceptors (Lipinski definition) is 5. The lowest BCUT2D eigenvalue weighted by molar-refractivity contribution is 0.271. The fourth-order valence-electron chi connectivity index (χ4n) is 2.73. The van der Waals surface area contributed by atoms with E-state index in [4.69, 9.17) is 0 Å². The standard InChI is InChI=1S/C16H19N3O2S2/c1-22-14-5-2-6-15(10-14)23(20,21)19-9-8-18-12-16(19)13-4-3-7-17-11-13/h2-7,10-11,16,18H,8-9,12H2,1H3. The molecule has 0 radical (unpaired) electrons. The van der Waals surface area contributed by atoms with E-state index in [1.54, 1.807) is 34.9 Å². The van der Waals surface area contributed by atoms with E-state index in [1.807, 2.05) is 24.5 Å². The first-order valence-corrected chi connectivity index (χ1v) is 10.1. The molecule has 0 bridgehead atoms. The fraction of sp³-hybridized carbons (Fsp3) is 0.312. The summed E-state index contributed by atoms with van der Waals surface area (Å²) in [6.07, 6.45) is 5.37. The van der Waals surface area contributed by atoms with E-state index in [0.29, 0.717) is 24.5 Å². The molecular formula is C16H19N3O2S2. The average molecular weight is 349 g/mol. The number of nitrogens with one attached hydrogen (secondary N) is 1. The smallest absolute Gasteiger partial charge is 0.243 e. The van der Waals surface area contributed by atoms with E-state index in [2.05, 4.69) is 10.3 Å². The predicted octanol–water partition coefficient (Wildman–Crippen LogP) is 2.14. The highest BCUT2D eigenvalue weighted by molar-refractivity contribution is 7.98. The van der Waals surface area contributed by atoms with E-state index in [9.17, 15) is 8.42 Å². The number of pyridine rings is 1. The number of benzene rings is 1. The van der Waals surface area contributed by atoms with Gasteiger partial charge in [-0.3, -0.25) is 4.98 Å². The molecule has 1 aromatic carbocycles. The zero-order valence-corrected chi connectivity index (χ0v) is 14.5. The summed E-state index contributed by atoms with van der Waals surface area (Å²) >= 11 is 1.54. The third kappa shape index (κ3) is 3.42. The van der Waals surface area contributed by atoms with Crippen molar-refractivity contribution < 1.29 is 8.42 Å². The largest absolute Gasteiger partial charge is 0.313 e. The first kappa shape index (κ1) is 16.4. The molecule has 5 nitrogen and oxygen atoms in total. The maximum atomic E-state index is 13.1. The molecule has 1 aliphatic rings. The van der Waals surface area contributed by atoms with Gasteiger partial charge >= 0.3 is 0 Å². The van der Waals surface area contributed by atoms with Crippen LogP contribution in [0.4, 0.5) is 0 Å². The lowest BCUT2D eigenvalue weighted by atomic mass is 10.1. The summed E-state index contributed by atoms with van der Waals surface area (Å²) in [5, 5.41) is 3.27. The number of thioether (sulfide) groups is 1. The highest BCUT2D eigenvalue weighted by atomic mass is 32.2. The number of sulfonamides is 1. The molecule has 3 rings (SSSR count). The Kier molecular flexibility index (Phi) is 5.01. The highest BCUT2D eigenvalue weighted by Gasteiger charge is 2.34. The third-order valence-electron chi connectivity index (χ3n) is 3.91. The van der Waals surface area contributed by atoms with Gasteiger partial charge in [-0.15, -0.1) is 11.8 Å². The normalized spacial score (nSPS) is 19.6. The van der Waals surface area contributed by atoms with Crippen LogP contribution in [0.15, 0.2) is 58.6 Å². The quantitative estimate of drug-likeness (QED) is 0.857. The van der Waals surface area contributed by atoms with Crippen LogP contribution < -0.4 is 5.32 Å². The zero-order chi connectivity index (χ0) is 16.3. The Bertz CT molecular complexity index is 766. The van der Waals surface area contributed by atoms with Crippen molar-refractivity contribution in [3.8, 4) is 0 Å². The number of nitrogens with zero attached hydrogens (tertiary/aromatic N) is 2. The molecule has 7 heteroatoms. The van der Waals surface area contributed by atoms with E-state index in [1.165, 1.54) is 11.8 Å². The molecule has 1 N–H and O–H groups in total. The number of piperazine rings is 1. The van der Waals surface area contributed by atoms with Crippen molar-refractivity contribution in [3.05, 3.63) is 54.4 Å². The van der Waals surface area contributed by atoms with Gasteiger partial charge in [0.2, 0.25) is 10.0 Å². The SMILES string of the molecule is CSc1cccc(S(=O)(=O)N2CCNCC2c2cccnc2)c1. The minimum Gasteiger partial charge on any atom is -0.313 e. The van der Waals surface area contributed by atoms with Gasteiger partial charge in [0.15, 0.2) is 0 Å². The van der Waals surface area contributed by atoms with Crippen molar-refractivity contribution in [3.63, 3.8) is 0 Å². The maximum absolute atomic E-state index is 13.1. The number of hydrogen-bond donors (Lipinski definition) is 1. The van der Waals surface area contributed by atoms with Crippen LogP contribution in [-0.2, 0) is 10.0 Å². The van der Waals surface area contributed by atoms with Crippen molar-refractivity contribution in [1.82, 2.24) is 14.6 Å². The molecule has 1 unspecified atom stereocenters. The minimum atomic E-state index is -3.54. The molecule has 1 aromatic heterocycles. The highest BCUT2D eigenvalue weighted by Crippen LogP contribution is 2.29. The van der Waals surface area contributed by atoms with Gasteiger partial charge in [-0.1, -0.05) is 12.1 Å². The summed E-state index contributed by atoms with van der Waals surface area (Å²) in [5.74, 6) is 0. The van der Waals surface area contributed by atoms with Crippen molar-refractivity contribution in [2.24, 2.45) is 0 Å². The molecule has 1 aliphatic heterocycles. The van der Waals surface area contributed by atoms with Crippen molar-refractivity contribution in [2.75, 3.05) is 25.9 Å². The fourth-order valence-corrected chi connectivity index (χ4v) is 4.92. The molecule has 0 saturated carbocycles. The lowest BCUT2D eigenvalue weighted by Gasteiger charge is -2.35. The Labute approximate surface area is 141 Å². The second-order valence-corrected chi connectivity index (χ2v) is 8.07. The van der Waals surface area contributed by atoms with E-state index in [0.717, 1.165) is 10.5 Å². The average Bonchev–Trinajstić information content (AvgIpc) is 2.62. The molecule has 2 aromatic rings. The van der Waals surface area contributed by atoms with Gasteiger partial charge in [-0.2, -0.15) is 4.31 Å². The van der Waals surface area contributed by atoms with Gasteiger partial charge in [0.1, 0.15) is 0 Å². The van der Waals surface area contributed by atoms with Crippen LogP contribution in [0.3, 0.4) is 0 Å². The number of aromatic nitrogens is 1. The van der Waals surface area contributed by atoms with Crippen LogP contribution in [-0.4, -0.2) is 43.6 Å². The van der Waals surface area contributed by atoms with E-state index in [-0.39, 0.29) is 6.04 Å². The van der Waals surface area contributed by atoms with Gasteiger partial charge in [0, 0.05) is 36.9 Å². The van der Waals surface area contributed by atoms with Crippen LogP contribution in [0.25, 0.3) is 0 Å². The second kappa shape index (κ2) is 7.00. The summed E-state index contributed by atoms with van der Waals surface area (Å²) in [6, 6.07) is 10.6. The van der Waals surface area contributed by atoms with E-state index < -0.39 is 10.0 Å². The van der Waals surface area contributed by atoms with Gasteiger partial charge in [0.25, 0.3) is 0 Å². The summed E-state index contributed by atoms with van der Waals surface area (Å²) in [6.45, 7) is 1.69. The molecule has 0 spiro atoms. The summed E-state index contributed by atoms with van der Waals surface area (Å²) in [4.78, 5) is 5.41. The topological polar surface area (TPSA) is 62.3 Å². The molecule has 23 heavy (non-hydrogen) atoms. The molecule has 2 heterocycles. The molecule has 122 valence electrons. The first-order valence-electron chi connectivity index (χ1n) is 7.39. The molecular weight excluding hydrogens is 330 g/mol. The van der Waals surface area contributed by atoms with Crippen LogP contribution >= 0.6 is 11.8 Å². The Hall–Kier alpha value is -1.41. The Morgan fingerprint density at radius 3 is 2.91 bits per heavy atom. The van der Waals surface area contributed by atoms with Crippen molar-refractivity contribution in [2.45, 2.75) is 15.8 Å². The van der Waals surface area contributed by atoms with Crippen LogP contribution in [0.1, 0.15) is 11.6 Å². The number of rotatable bonds is 4. The Morgan fingerprint density at radius 1 is 1.30 bits per heavy atom. The van der Waals surface area contributed by atoms with Gasteiger partial charge in [0.05, 0.1) is 10.9 Å². The Morgan fingerprint density at radius 2 is 2.17 bits per heavy atom. The predicted molar refractivity (Wildman–Crippen MR) is 92.0 cm³/mol. The third-order valence-corrected chi connectivity index (χ3v) is 6.54. The first-order chi connectivity index (χ1) is 11.1. The Balaban J connectivity index is 1.99. The van der Waals surface area contributed by atoms with Crippen molar-refractivity contribution in [1.29, 1.82) is 0 Å². The maximum Gasteiger partial charge on any atom is 0.243 e. The summed E-state index contributed by atoms with van der Waals surface area (Å²) < 4.78 is 27.8. The van der Waals surface area contributed by atoms with Crippen molar-refractivity contribution >= 4 is 21.8 Å². The van der Waals surface area contributed by atoms with Gasteiger partial charge in [-0.05, 0) is 36.1 Å². The van der Waals surface area contributed by atoms with Gasteiger partial charge < -0.3 is 5.32 Å². The molecule has 0 aliphatic carbocycles. The second-order valence-electron chi connectivity index (χ2n) is 5.30. The summed E-state index contributed by atoms with van der Waals surface area (Å²) in [7, 11) is -3.54. The molecule has 0 amide bonds. The van der Waals surface area contributed by atoms with Gasteiger partial charge in [-0.25, -0.2) is 8.42 Å². The minimum absolute atomic E-state index is 0.236. The molecule has 1 saturated heterocycles. The zero-order valence-electron chi connectivity index (χ0n) is 12.8. The van der Waals surface area contributed by atoms with E-state index >= 15 is 0 Å². The monoisotopic (exact) mass is 349 g/mol.